The molecule has 0 aromatic rings. The summed E-state index contributed by atoms with van der Waals surface area (Å²) in [6.07, 6.45) is 0. The third kappa shape index (κ3) is 1.42. The maximum Gasteiger partial charge on any atom is 0.323 e. The summed E-state index contributed by atoms with van der Waals surface area (Å²) in [5, 5.41) is 8.20. The molecule has 1 fully saturated rings. The summed E-state index contributed by atoms with van der Waals surface area (Å²) >= 11 is 4.57. The zero-order valence-corrected chi connectivity index (χ0v) is 6.76. The number of carboxylic acids is 1. The van der Waals surface area contributed by atoms with Gasteiger partial charge in [-0.1, -0.05) is 6.58 Å². The van der Waals surface area contributed by atoms with Crippen molar-refractivity contribution in [1.29, 1.82) is 0 Å². The predicted molar refractivity (Wildman–Crippen MR) is 42.2 cm³/mol. The van der Waals surface area contributed by atoms with Crippen LogP contribution in [0, 0.1) is 0 Å². The number of nitrogens with zero attached hydrogens (tertiary/aromatic N) is 1. The Balaban J connectivity index is 2.77. The van der Waals surface area contributed by atoms with Crippen molar-refractivity contribution in [2.45, 2.75) is 0 Å². The minimum absolute atomic E-state index is 0.138. The molecule has 1 saturated heterocycles. The predicted octanol–water partition coefficient (Wildman–Crippen LogP) is -0.272. The summed E-state index contributed by atoms with van der Waals surface area (Å²) in [5.41, 5.74) is 0. The van der Waals surface area contributed by atoms with Gasteiger partial charge in [-0.2, -0.15) is 0 Å². The Kier molecular flexibility index (Phi) is 2.09. The Bertz CT molecular complexity index is 285. The molecule has 1 amide bonds. The van der Waals surface area contributed by atoms with Crippen LogP contribution >= 0.6 is 12.2 Å². The molecule has 64 valence electrons. The second-order valence-electron chi connectivity index (χ2n) is 2.08. The maximum absolute atomic E-state index is 11.0. The first-order valence-corrected chi connectivity index (χ1v) is 3.37. The lowest BCUT2D eigenvalue weighted by atomic mass is 10.5. The number of amides is 1. The molecule has 0 unspecified atom stereocenters. The molecule has 0 bridgehead atoms. The van der Waals surface area contributed by atoms with E-state index < -0.39 is 18.4 Å². The maximum atomic E-state index is 11.0. The van der Waals surface area contributed by atoms with Gasteiger partial charge in [-0.3, -0.25) is 14.5 Å². The van der Waals surface area contributed by atoms with Crippen molar-refractivity contribution >= 4 is 29.3 Å². The molecule has 1 rings (SSSR count). The summed E-state index contributed by atoms with van der Waals surface area (Å²) < 4.78 is 4.64. The van der Waals surface area contributed by atoms with Crippen LogP contribution in [0.4, 0.5) is 0 Å². The van der Waals surface area contributed by atoms with Gasteiger partial charge in [-0.15, -0.1) is 0 Å². The molecule has 0 atom stereocenters. The van der Waals surface area contributed by atoms with Crippen molar-refractivity contribution in [2.24, 2.45) is 0 Å². The van der Waals surface area contributed by atoms with Gasteiger partial charge in [0.1, 0.15) is 6.54 Å². The Hall–Kier alpha value is -1.43. The van der Waals surface area contributed by atoms with Crippen LogP contribution in [-0.4, -0.2) is 33.6 Å². The second kappa shape index (κ2) is 2.90. The van der Waals surface area contributed by atoms with Crippen molar-refractivity contribution in [2.75, 3.05) is 6.54 Å². The first-order valence-electron chi connectivity index (χ1n) is 2.96. The summed E-state index contributed by atoms with van der Waals surface area (Å²) in [5.74, 6) is -1.88. The average Bonchev–Trinajstić information content (AvgIpc) is 2.16. The van der Waals surface area contributed by atoms with E-state index in [9.17, 15) is 9.59 Å². The van der Waals surface area contributed by atoms with E-state index in [1.165, 1.54) is 0 Å². The second-order valence-corrected chi connectivity index (χ2v) is 2.43. The summed E-state index contributed by atoms with van der Waals surface area (Å²) in [4.78, 5) is 22.0. The zero-order chi connectivity index (χ0) is 9.30. The smallest absolute Gasteiger partial charge is 0.323 e. The molecule has 0 radical (unpaired) electrons. The third-order valence-corrected chi connectivity index (χ3v) is 1.51. The Labute approximate surface area is 73.2 Å². The molecule has 0 spiro atoms. The summed E-state index contributed by atoms with van der Waals surface area (Å²) in [6, 6.07) is 0. The Morgan fingerprint density at radius 3 is 2.67 bits per heavy atom. The van der Waals surface area contributed by atoms with Gasteiger partial charge in [-0.25, -0.2) is 0 Å². The highest BCUT2D eigenvalue weighted by Gasteiger charge is 2.33. The van der Waals surface area contributed by atoms with Crippen LogP contribution in [0.1, 0.15) is 0 Å². The van der Waals surface area contributed by atoms with E-state index in [-0.39, 0.29) is 10.9 Å². The lowest BCUT2D eigenvalue weighted by molar-refractivity contribution is -0.140. The zero-order valence-electron chi connectivity index (χ0n) is 5.94. The molecule has 12 heavy (non-hydrogen) atoms. The van der Waals surface area contributed by atoms with Crippen molar-refractivity contribution < 1.29 is 19.4 Å². The molecule has 1 aliphatic heterocycles. The number of thiocarbonyl (C=S) groups is 1. The minimum Gasteiger partial charge on any atom is -0.480 e. The van der Waals surface area contributed by atoms with Crippen molar-refractivity contribution in [1.82, 2.24) is 4.90 Å². The third-order valence-electron chi connectivity index (χ3n) is 1.21. The molecule has 1 aliphatic rings. The highest BCUT2D eigenvalue weighted by Crippen LogP contribution is 2.13. The van der Waals surface area contributed by atoms with E-state index in [1.54, 1.807) is 0 Å². The topological polar surface area (TPSA) is 66.8 Å². The molecular weight excluding hydrogens is 182 g/mol. The SMILES string of the molecule is C=C1OC(=S)N(CC(=O)O)C1=O. The van der Waals surface area contributed by atoms with Crippen LogP contribution in [0.2, 0.25) is 0 Å². The van der Waals surface area contributed by atoms with E-state index in [0.29, 0.717) is 0 Å². The number of aliphatic carboxylic acids is 1. The molecule has 5 nitrogen and oxygen atoms in total. The molecule has 6 heteroatoms. The van der Waals surface area contributed by atoms with Gasteiger partial charge >= 0.3 is 5.97 Å². The first kappa shape index (κ1) is 8.66. The van der Waals surface area contributed by atoms with Gasteiger partial charge in [0.15, 0.2) is 5.76 Å². The average molecular weight is 187 g/mol. The van der Waals surface area contributed by atoms with Gasteiger partial charge in [-0.05, 0) is 12.2 Å². The fourth-order valence-electron chi connectivity index (χ4n) is 0.709. The highest BCUT2D eigenvalue weighted by atomic mass is 32.1. The van der Waals surface area contributed by atoms with E-state index in [2.05, 4.69) is 23.5 Å². The van der Waals surface area contributed by atoms with Gasteiger partial charge in [0.05, 0.1) is 0 Å². The molecule has 1 N–H and O–H groups in total. The number of carbonyl (C=O) groups excluding carboxylic acids is 1. The number of hydrogen-bond donors (Lipinski definition) is 1. The number of rotatable bonds is 2. The van der Waals surface area contributed by atoms with Crippen LogP contribution in [0.5, 0.6) is 0 Å². The summed E-state index contributed by atoms with van der Waals surface area (Å²) in [7, 11) is 0. The number of hydrogen-bond acceptors (Lipinski definition) is 4. The quantitative estimate of drug-likeness (QED) is 0.476. The van der Waals surface area contributed by atoms with Crippen LogP contribution < -0.4 is 0 Å². The first-order chi connectivity index (χ1) is 5.52. The lowest BCUT2D eigenvalue weighted by Gasteiger charge is -2.07. The fraction of sp³-hybridized carbons (Fsp3) is 0.167. The van der Waals surface area contributed by atoms with E-state index in [4.69, 9.17) is 5.11 Å². The van der Waals surface area contributed by atoms with E-state index in [1.807, 2.05) is 0 Å². The number of carbonyl (C=O) groups is 2. The largest absolute Gasteiger partial charge is 0.480 e. The van der Waals surface area contributed by atoms with Crippen LogP contribution in [0.15, 0.2) is 12.3 Å². The Morgan fingerprint density at radius 1 is 1.75 bits per heavy atom. The monoisotopic (exact) mass is 187 g/mol. The molecular formula is C6H5NO4S. The van der Waals surface area contributed by atoms with Crippen LogP contribution in [-0.2, 0) is 14.3 Å². The van der Waals surface area contributed by atoms with E-state index >= 15 is 0 Å². The standard InChI is InChI=1S/C6H5NO4S/c1-3-5(10)7(2-4(8)9)6(12)11-3/h1-2H2,(H,8,9). The fourth-order valence-corrected chi connectivity index (χ4v) is 0.957. The van der Waals surface area contributed by atoms with Crippen LogP contribution in [0.3, 0.4) is 0 Å². The number of ether oxygens (including phenoxy) is 1. The highest BCUT2D eigenvalue weighted by molar-refractivity contribution is 7.80. The van der Waals surface area contributed by atoms with Crippen molar-refractivity contribution in [3.8, 4) is 0 Å². The van der Waals surface area contributed by atoms with Crippen molar-refractivity contribution in [3.63, 3.8) is 0 Å². The minimum atomic E-state index is -1.15. The molecule has 0 saturated carbocycles. The van der Waals surface area contributed by atoms with Crippen LogP contribution in [0.25, 0.3) is 0 Å². The molecule has 0 aliphatic carbocycles. The lowest BCUT2D eigenvalue weighted by Crippen LogP contribution is -2.33. The Morgan fingerprint density at radius 2 is 2.33 bits per heavy atom. The van der Waals surface area contributed by atoms with Gasteiger partial charge in [0.25, 0.3) is 11.1 Å². The number of carboxylic acid groups (broad SMARTS) is 1. The van der Waals surface area contributed by atoms with Gasteiger partial charge < -0.3 is 9.84 Å². The summed E-state index contributed by atoms with van der Waals surface area (Å²) in [6.45, 7) is 2.76. The molecule has 1 heterocycles. The molecule has 0 aromatic carbocycles. The van der Waals surface area contributed by atoms with Crippen molar-refractivity contribution in [3.05, 3.63) is 12.3 Å². The molecule has 0 aromatic heterocycles. The van der Waals surface area contributed by atoms with Gasteiger partial charge in [0.2, 0.25) is 0 Å². The normalized spacial score (nSPS) is 16.7. The van der Waals surface area contributed by atoms with Gasteiger partial charge in [0, 0.05) is 0 Å². The van der Waals surface area contributed by atoms with E-state index in [0.717, 1.165) is 4.90 Å².